The van der Waals surface area contributed by atoms with Gasteiger partial charge in [-0.2, -0.15) is 0 Å². The molecule has 0 bridgehead atoms. The van der Waals surface area contributed by atoms with E-state index in [1.807, 2.05) is 0 Å². The Morgan fingerprint density at radius 1 is 1.60 bits per heavy atom. The van der Waals surface area contributed by atoms with Crippen molar-refractivity contribution in [1.29, 1.82) is 0 Å². The molecule has 0 aliphatic heterocycles. The molecule has 0 atom stereocenters. The van der Waals surface area contributed by atoms with Crippen LogP contribution in [0.3, 0.4) is 0 Å². The molecule has 0 N–H and O–H groups in total. The third-order valence-electron chi connectivity index (χ3n) is 1.90. The number of carbonyl (C=O) groups is 1. The Kier molecular flexibility index (Phi) is 2.57. The Morgan fingerprint density at radius 2 is 2.47 bits per heavy atom. The van der Waals surface area contributed by atoms with Crippen LogP contribution >= 0.6 is 0 Å². The molecular weight excluding hydrogens is 196 g/mol. The van der Waals surface area contributed by atoms with Crippen molar-refractivity contribution < 1.29 is 9.53 Å². The Morgan fingerprint density at radius 3 is 3.27 bits per heavy atom. The maximum absolute atomic E-state index is 11.2. The lowest BCUT2D eigenvalue weighted by Crippen LogP contribution is -2.14. The summed E-state index contributed by atoms with van der Waals surface area (Å²) in [7, 11) is 0. The van der Waals surface area contributed by atoms with Crippen LogP contribution in [0.25, 0.3) is 11.0 Å². The molecule has 0 aliphatic rings. The summed E-state index contributed by atoms with van der Waals surface area (Å²) < 4.78 is 6.29. The minimum atomic E-state index is -0.326. The lowest BCUT2D eigenvalue weighted by Gasteiger charge is -2.01. The van der Waals surface area contributed by atoms with Gasteiger partial charge in [0.2, 0.25) is 0 Å². The molecule has 0 saturated carbocycles. The van der Waals surface area contributed by atoms with E-state index in [2.05, 4.69) is 15.3 Å². The van der Waals surface area contributed by atoms with Gasteiger partial charge >= 0.3 is 5.97 Å². The third-order valence-corrected chi connectivity index (χ3v) is 1.90. The molecule has 15 heavy (non-hydrogen) atoms. The third kappa shape index (κ3) is 1.93. The SMILES string of the molecule is CCOC(=O)Cn1nnc2ccncc21. The fourth-order valence-electron chi connectivity index (χ4n) is 1.26. The quantitative estimate of drug-likeness (QED) is 0.679. The number of esters is 1. The minimum absolute atomic E-state index is 0.0655. The molecule has 0 spiro atoms. The van der Waals surface area contributed by atoms with Crippen LogP contribution in [0.4, 0.5) is 0 Å². The fraction of sp³-hybridized carbons (Fsp3) is 0.333. The number of carbonyl (C=O) groups excluding carboxylic acids is 1. The average Bonchev–Trinajstić information content (AvgIpc) is 2.62. The summed E-state index contributed by atoms with van der Waals surface area (Å²) in [5.74, 6) is -0.326. The van der Waals surface area contributed by atoms with E-state index in [1.54, 1.807) is 25.4 Å². The van der Waals surface area contributed by atoms with Gasteiger partial charge in [0, 0.05) is 6.20 Å². The number of aromatic nitrogens is 4. The van der Waals surface area contributed by atoms with E-state index < -0.39 is 0 Å². The van der Waals surface area contributed by atoms with E-state index in [0.29, 0.717) is 12.1 Å². The molecule has 6 nitrogen and oxygen atoms in total. The molecule has 0 fully saturated rings. The normalized spacial score (nSPS) is 10.5. The van der Waals surface area contributed by atoms with Gasteiger partial charge in [-0.3, -0.25) is 9.78 Å². The molecule has 2 rings (SSSR count). The molecule has 0 amide bonds. The molecule has 2 aromatic heterocycles. The average molecular weight is 206 g/mol. The van der Waals surface area contributed by atoms with Gasteiger partial charge in [0.05, 0.1) is 12.8 Å². The summed E-state index contributed by atoms with van der Waals surface area (Å²) in [4.78, 5) is 15.2. The second-order valence-electron chi connectivity index (χ2n) is 2.92. The van der Waals surface area contributed by atoms with Crippen LogP contribution in [0.5, 0.6) is 0 Å². The van der Waals surface area contributed by atoms with Crippen molar-refractivity contribution >= 4 is 17.0 Å². The molecular formula is C9H10N4O2. The lowest BCUT2D eigenvalue weighted by atomic mass is 10.4. The van der Waals surface area contributed by atoms with Crippen LogP contribution in [-0.2, 0) is 16.1 Å². The van der Waals surface area contributed by atoms with Crippen molar-refractivity contribution in [3.63, 3.8) is 0 Å². The number of ether oxygens (including phenoxy) is 1. The molecule has 2 aromatic rings. The van der Waals surface area contributed by atoms with E-state index >= 15 is 0 Å². The summed E-state index contributed by atoms with van der Waals surface area (Å²) in [5, 5.41) is 7.74. The number of rotatable bonds is 3. The second-order valence-corrected chi connectivity index (χ2v) is 2.92. The van der Waals surface area contributed by atoms with Crippen molar-refractivity contribution in [1.82, 2.24) is 20.0 Å². The van der Waals surface area contributed by atoms with Crippen molar-refractivity contribution in [3.05, 3.63) is 18.5 Å². The monoisotopic (exact) mass is 206 g/mol. The zero-order chi connectivity index (χ0) is 10.7. The maximum atomic E-state index is 11.2. The zero-order valence-corrected chi connectivity index (χ0v) is 8.25. The lowest BCUT2D eigenvalue weighted by molar-refractivity contribution is -0.143. The van der Waals surface area contributed by atoms with Crippen LogP contribution in [0.1, 0.15) is 6.92 Å². The molecule has 78 valence electrons. The Hall–Kier alpha value is -1.98. The van der Waals surface area contributed by atoms with Crippen LogP contribution in [0.15, 0.2) is 18.5 Å². The highest BCUT2D eigenvalue weighted by Crippen LogP contribution is 2.07. The van der Waals surface area contributed by atoms with Gasteiger partial charge in [-0.05, 0) is 13.0 Å². The Bertz CT molecular complexity index is 480. The summed E-state index contributed by atoms with van der Waals surface area (Å²) in [5.41, 5.74) is 1.44. The molecule has 0 radical (unpaired) electrons. The van der Waals surface area contributed by atoms with Crippen LogP contribution in [0.2, 0.25) is 0 Å². The number of hydrogen-bond acceptors (Lipinski definition) is 5. The number of nitrogens with zero attached hydrogens (tertiary/aromatic N) is 4. The first-order chi connectivity index (χ1) is 7.31. The van der Waals surface area contributed by atoms with Crippen LogP contribution in [-0.4, -0.2) is 32.6 Å². The number of fused-ring (bicyclic) bond motifs is 1. The predicted molar refractivity (Wildman–Crippen MR) is 52.0 cm³/mol. The molecule has 0 unspecified atom stereocenters. The summed E-state index contributed by atoms with van der Waals surface area (Å²) in [6.45, 7) is 2.19. The standard InChI is InChI=1S/C9H10N4O2/c1-2-15-9(14)6-13-8-5-10-4-3-7(8)11-12-13/h3-5H,2,6H2,1H3. The van der Waals surface area contributed by atoms with Gasteiger partial charge in [0.25, 0.3) is 0 Å². The van der Waals surface area contributed by atoms with Gasteiger partial charge in [-0.25, -0.2) is 4.68 Å². The minimum Gasteiger partial charge on any atom is -0.465 e. The predicted octanol–water partition coefficient (Wildman–Crippen LogP) is 0.389. The van der Waals surface area contributed by atoms with Gasteiger partial charge < -0.3 is 4.74 Å². The van der Waals surface area contributed by atoms with Gasteiger partial charge in [0.1, 0.15) is 17.6 Å². The Balaban J connectivity index is 2.25. The number of pyridine rings is 1. The largest absolute Gasteiger partial charge is 0.465 e. The maximum Gasteiger partial charge on any atom is 0.327 e. The fourth-order valence-corrected chi connectivity index (χ4v) is 1.26. The first-order valence-corrected chi connectivity index (χ1v) is 4.60. The molecule has 2 heterocycles. The highest BCUT2D eigenvalue weighted by molar-refractivity contribution is 5.76. The van der Waals surface area contributed by atoms with E-state index in [1.165, 1.54) is 4.68 Å². The first kappa shape index (κ1) is 9.57. The smallest absolute Gasteiger partial charge is 0.327 e. The van der Waals surface area contributed by atoms with E-state index in [-0.39, 0.29) is 12.5 Å². The molecule has 6 heteroatoms. The van der Waals surface area contributed by atoms with E-state index in [9.17, 15) is 4.79 Å². The van der Waals surface area contributed by atoms with Crippen LogP contribution in [0, 0.1) is 0 Å². The summed E-state index contributed by atoms with van der Waals surface area (Å²) >= 11 is 0. The van der Waals surface area contributed by atoms with E-state index in [4.69, 9.17) is 4.74 Å². The molecule has 0 aliphatic carbocycles. The number of hydrogen-bond donors (Lipinski definition) is 0. The van der Waals surface area contributed by atoms with Gasteiger partial charge in [0.15, 0.2) is 0 Å². The topological polar surface area (TPSA) is 69.9 Å². The molecule has 0 aromatic carbocycles. The van der Waals surface area contributed by atoms with Gasteiger partial charge in [-0.15, -0.1) is 5.10 Å². The van der Waals surface area contributed by atoms with Gasteiger partial charge in [-0.1, -0.05) is 5.21 Å². The van der Waals surface area contributed by atoms with Crippen molar-refractivity contribution in [2.45, 2.75) is 13.5 Å². The highest BCUT2D eigenvalue weighted by atomic mass is 16.5. The second kappa shape index (κ2) is 4.04. The van der Waals surface area contributed by atoms with Crippen LogP contribution < -0.4 is 0 Å². The highest BCUT2D eigenvalue weighted by Gasteiger charge is 2.08. The first-order valence-electron chi connectivity index (χ1n) is 4.60. The van der Waals surface area contributed by atoms with E-state index in [0.717, 1.165) is 5.52 Å². The van der Waals surface area contributed by atoms with Crippen molar-refractivity contribution in [3.8, 4) is 0 Å². The van der Waals surface area contributed by atoms with Crippen molar-refractivity contribution in [2.24, 2.45) is 0 Å². The van der Waals surface area contributed by atoms with Crippen molar-refractivity contribution in [2.75, 3.05) is 6.61 Å². The summed E-state index contributed by atoms with van der Waals surface area (Å²) in [6.07, 6.45) is 3.25. The Labute approximate surface area is 85.9 Å². The zero-order valence-electron chi connectivity index (χ0n) is 8.25. The molecule has 0 saturated heterocycles. The summed E-state index contributed by atoms with van der Waals surface area (Å²) in [6, 6.07) is 1.74.